The van der Waals surface area contributed by atoms with Gasteiger partial charge in [-0.3, -0.25) is 4.72 Å². The van der Waals surface area contributed by atoms with Gasteiger partial charge in [0, 0.05) is 98.2 Å². The second-order valence-corrected chi connectivity index (χ2v) is 22.7. The number of carboxylic acid groups (broad SMARTS) is 1. The number of aliphatic hydroxyl groups excluding tert-OH is 1. The summed E-state index contributed by atoms with van der Waals surface area (Å²) in [7, 11) is -8.70. The number of piperidine rings is 1. The highest BCUT2D eigenvalue weighted by atomic mass is 35.5. The highest BCUT2D eigenvalue weighted by Gasteiger charge is 2.48. The van der Waals surface area contributed by atoms with Gasteiger partial charge in [0.15, 0.2) is 0 Å². The number of likely N-dealkylation sites (N-methyl/N-ethyl adjacent to an activating group) is 1. The van der Waals surface area contributed by atoms with Gasteiger partial charge in [0.1, 0.15) is 10.6 Å². The Bertz CT molecular complexity index is 2950. The fourth-order valence-corrected chi connectivity index (χ4v) is 11.8. The lowest BCUT2D eigenvalue weighted by Crippen LogP contribution is -2.46. The van der Waals surface area contributed by atoms with E-state index in [1.807, 2.05) is 98.9 Å². The summed E-state index contributed by atoms with van der Waals surface area (Å²) in [5.74, 6) is -0.619. The van der Waals surface area contributed by atoms with Crippen LogP contribution in [0.2, 0.25) is 0 Å². The van der Waals surface area contributed by atoms with Crippen molar-refractivity contribution >= 4 is 77.5 Å². The summed E-state index contributed by atoms with van der Waals surface area (Å²) in [6, 6.07) is 26.2. The molecule has 3 heterocycles. The van der Waals surface area contributed by atoms with Gasteiger partial charge in [0.05, 0.1) is 16.7 Å². The number of thioether (sulfide) groups is 1. The van der Waals surface area contributed by atoms with Crippen LogP contribution in [0.4, 0.5) is 35.9 Å². The number of sulfone groups is 1. The van der Waals surface area contributed by atoms with Gasteiger partial charge >= 0.3 is 11.5 Å². The molecule has 20 heteroatoms. The minimum absolute atomic E-state index is 0.0206. The molecule has 0 atom stereocenters. The second-order valence-electron chi connectivity index (χ2n) is 17.5. The minimum atomic E-state index is -5.92. The Morgan fingerprint density at radius 1 is 0.824 bits per heavy atom. The van der Waals surface area contributed by atoms with Crippen LogP contribution in [0.3, 0.4) is 0 Å². The maximum atomic E-state index is 13.8. The molecule has 3 aliphatic heterocycles. The Morgan fingerprint density at radius 2 is 1.49 bits per heavy atom. The predicted molar refractivity (Wildman–Crippen MR) is 293 cm³/mol. The van der Waals surface area contributed by atoms with Crippen LogP contribution in [-0.2, 0) is 24.7 Å². The summed E-state index contributed by atoms with van der Waals surface area (Å²) >= 11 is 7.63. The normalized spacial score (nSPS) is 16.9. The van der Waals surface area contributed by atoms with Gasteiger partial charge in [0.25, 0.3) is 19.9 Å². The first kappa shape index (κ1) is 57.6. The molecule has 0 aromatic heterocycles. The fraction of sp³-hybridized carbons (Fsp3) is 0.352. The Morgan fingerprint density at radius 3 is 2.12 bits per heavy atom. The summed E-state index contributed by atoms with van der Waals surface area (Å²) in [5.41, 5.74) is -0.388. The van der Waals surface area contributed by atoms with E-state index in [1.54, 1.807) is 24.1 Å². The predicted octanol–water partition coefficient (Wildman–Crippen LogP) is 10.8. The van der Waals surface area contributed by atoms with E-state index in [9.17, 15) is 39.9 Å². The van der Waals surface area contributed by atoms with Gasteiger partial charge in [-0.15, -0.1) is 11.8 Å². The zero-order valence-corrected chi connectivity index (χ0v) is 45.1. The molecule has 4 aliphatic rings. The average molecular weight is 1100 g/mol. The van der Waals surface area contributed by atoms with Crippen molar-refractivity contribution in [3.63, 3.8) is 0 Å². The number of rotatable bonds is 15. The number of aliphatic carboxylic acids is 1. The molecular formula is C54H64ClF3N6O7S3. The van der Waals surface area contributed by atoms with Crippen LogP contribution in [0.25, 0.3) is 5.57 Å². The minimum Gasteiger partial charge on any atom is -0.477 e. The van der Waals surface area contributed by atoms with E-state index in [0.29, 0.717) is 61.4 Å². The van der Waals surface area contributed by atoms with Crippen molar-refractivity contribution in [1.82, 2.24) is 9.80 Å². The van der Waals surface area contributed by atoms with E-state index in [-0.39, 0.29) is 29.7 Å². The Balaban J connectivity index is 0.000000725. The van der Waals surface area contributed by atoms with Crippen molar-refractivity contribution in [1.29, 1.82) is 0 Å². The van der Waals surface area contributed by atoms with Gasteiger partial charge in [-0.2, -0.15) is 13.2 Å². The number of carbonyl (C=O) groups is 1. The monoisotopic (exact) mass is 1100 g/mol. The number of likely N-dealkylation sites (tertiary alicyclic amines) is 1. The van der Waals surface area contributed by atoms with Crippen LogP contribution in [0.1, 0.15) is 52.0 Å². The Kier molecular flexibility index (Phi) is 20.4. The first-order valence-electron chi connectivity index (χ1n) is 24.5. The first-order valence-corrected chi connectivity index (χ1v) is 28.8. The molecule has 0 radical (unpaired) electrons. The lowest BCUT2D eigenvalue weighted by Gasteiger charge is -2.37. The third-order valence-corrected chi connectivity index (χ3v) is 16.8. The summed E-state index contributed by atoms with van der Waals surface area (Å²) in [6.45, 7) is 12.1. The summed E-state index contributed by atoms with van der Waals surface area (Å²) < 4.78 is 95.9. The highest BCUT2D eigenvalue weighted by Crippen LogP contribution is 2.39. The zero-order valence-electron chi connectivity index (χ0n) is 41.9. The molecule has 4 N–H and O–H groups in total. The number of benzene rings is 4. The maximum Gasteiger partial charge on any atom is 0.501 e. The topological polar surface area (TPSA) is 163 Å². The molecule has 398 valence electrons. The highest BCUT2D eigenvalue weighted by molar-refractivity contribution is 7.99. The molecule has 4 aromatic rings. The smallest absolute Gasteiger partial charge is 0.477 e. The fourth-order valence-electron chi connectivity index (χ4n) is 8.72. The third kappa shape index (κ3) is 15.0. The maximum absolute atomic E-state index is 13.8. The van der Waals surface area contributed by atoms with E-state index in [0.717, 1.165) is 77.6 Å². The van der Waals surface area contributed by atoms with E-state index in [4.69, 9.17) is 16.7 Å². The molecule has 2 saturated heterocycles. The molecule has 13 nitrogen and oxygen atoms in total. The van der Waals surface area contributed by atoms with Crippen molar-refractivity contribution in [2.45, 2.75) is 72.8 Å². The number of anilines is 4. The van der Waals surface area contributed by atoms with Crippen LogP contribution in [0.15, 0.2) is 164 Å². The van der Waals surface area contributed by atoms with Crippen LogP contribution >= 0.6 is 23.4 Å². The van der Waals surface area contributed by atoms with Gasteiger partial charge in [-0.25, -0.2) is 21.6 Å². The molecule has 0 amide bonds. The number of carboxylic acids is 1. The van der Waals surface area contributed by atoms with Crippen molar-refractivity contribution in [3.8, 4) is 0 Å². The lowest BCUT2D eigenvalue weighted by molar-refractivity contribution is -0.133. The molecule has 1 aliphatic carbocycles. The molecule has 0 unspecified atom stereocenters. The Labute approximate surface area is 442 Å². The van der Waals surface area contributed by atoms with Gasteiger partial charge in [0.2, 0.25) is 0 Å². The second kappa shape index (κ2) is 26.2. The average Bonchev–Trinajstić information content (AvgIpc) is 3.62. The molecular weight excluding hydrogens is 1030 g/mol. The van der Waals surface area contributed by atoms with Gasteiger partial charge in [-0.1, -0.05) is 74.9 Å². The van der Waals surface area contributed by atoms with Crippen molar-refractivity contribution in [2.75, 3.05) is 85.0 Å². The van der Waals surface area contributed by atoms with E-state index in [1.165, 1.54) is 23.9 Å². The number of allylic oxidation sites excluding steroid dienone is 8. The number of nitrogens with one attached hydrogen (secondary N) is 2. The number of nitrogens with zero attached hydrogens (tertiary/aromatic N) is 4. The van der Waals surface area contributed by atoms with Gasteiger partial charge in [-0.05, 0) is 127 Å². The first-order chi connectivity index (χ1) is 35.3. The molecule has 0 saturated carbocycles. The molecule has 74 heavy (non-hydrogen) atoms. The van der Waals surface area contributed by atoms with E-state index < -0.39 is 41.1 Å². The SMILES string of the molecule is CC.CCN1CCC(O)CC1.CN1C=C(C2=CC=C(Cl)C=CC2)CC(c2cccc(N3CCN(c4ccc(NS(=O)(=O)c5ccc(NCCSc6ccccc6)c(S(=O)(=O)C(F)(F)F)c5)cc4)CC3)c2)=C1C(=O)O. The number of hydrogen-bond donors (Lipinski definition) is 4. The Hall–Kier alpha value is -5.70. The summed E-state index contributed by atoms with van der Waals surface area (Å²) in [5, 5.41) is 22.7. The number of alkyl halides is 3. The van der Waals surface area contributed by atoms with Crippen LogP contribution in [0, 0.1) is 0 Å². The third-order valence-electron chi connectivity index (χ3n) is 12.6. The van der Waals surface area contributed by atoms with E-state index in [2.05, 4.69) is 31.7 Å². The molecule has 4 aromatic carbocycles. The quantitative estimate of drug-likeness (QED) is 0.0658. The summed E-state index contributed by atoms with van der Waals surface area (Å²) in [6.07, 6.45) is 12.5. The van der Waals surface area contributed by atoms with Gasteiger partial charge < -0.3 is 35.1 Å². The van der Waals surface area contributed by atoms with Crippen LogP contribution in [0.5, 0.6) is 0 Å². The van der Waals surface area contributed by atoms with Crippen LogP contribution in [-0.4, -0.2) is 120 Å². The lowest BCUT2D eigenvalue weighted by atomic mass is 9.88. The largest absolute Gasteiger partial charge is 0.501 e. The molecule has 0 spiro atoms. The van der Waals surface area contributed by atoms with Crippen molar-refractivity contribution in [2.24, 2.45) is 0 Å². The summed E-state index contributed by atoms with van der Waals surface area (Å²) in [4.78, 5) is 20.0. The number of halogens is 4. The van der Waals surface area contributed by atoms with Crippen molar-refractivity contribution < 1.29 is 45.0 Å². The molecule has 2 fully saturated rings. The number of piperazine rings is 1. The molecule has 8 rings (SSSR count). The standard InChI is InChI=1S/C45H43ClF3N5O6S3.C7H15NO.C2H6/c1-52-30-33(31-7-5-9-34(46)14-13-31)28-40(43(52)44(55)56)32-8-6-10-37(27-32)54-24-22-53(23-25-54)36-17-15-35(16-18-36)51-63(59,60)39-19-20-41(42(29-39)62(57,58)45(47,48)49)50-21-26-61-38-11-3-2-4-12-38;1-2-8-5-3-7(9)4-6-8;1-2/h2-6,8-20,27,29-30,50-51H,7,21-26,28H2,1H3,(H,55,56);7,9H,2-6H2,1H3;1-2H3. The number of sulfonamides is 1. The number of hydrogen-bond acceptors (Lipinski definition) is 12. The zero-order chi connectivity index (χ0) is 53.6. The number of aliphatic hydroxyl groups is 1. The van der Waals surface area contributed by atoms with Crippen molar-refractivity contribution in [3.05, 3.63) is 155 Å². The molecule has 0 bridgehead atoms. The van der Waals surface area contributed by atoms with Crippen LogP contribution < -0.4 is 19.8 Å². The van der Waals surface area contributed by atoms with E-state index >= 15 is 0 Å².